The van der Waals surface area contributed by atoms with Crippen LogP contribution in [-0.2, 0) is 10.2 Å². The van der Waals surface area contributed by atoms with E-state index in [1.54, 1.807) is 7.11 Å². The number of fused-ring (bicyclic) bond motifs is 5. The molecule has 0 fully saturated rings. The van der Waals surface area contributed by atoms with Gasteiger partial charge in [-0.05, 0) is 79.6 Å². The topological polar surface area (TPSA) is 55.8 Å². The Morgan fingerprint density at radius 1 is 0.923 bits per heavy atom. The van der Waals surface area contributed by atoms with Gasteiger partial charge in [0.15, 0.2) is 6.79 Å². The first-order valence-electron chi connectivity index (χ1n) is 13.5. The summed E-state index contributed by atoms with van der Waals surface area (Å²) >= 11 is 0. The first-order valence-corrected chi connectivity index (χ1v) is 13.5. The van der Waals surface area contributed by atoms with Crippen LogP contribution in [0.5, 0.6) is 5.75 Å². The summed E-state index contributed by atoms with van der Waals surface area (Å²) in [7, 11) is 1.56. The highest BCUT2D eigenvalue weighted by Gasteiger charge is 2.36. The zero-order valence-corrected chi connectivity index (χ0v) is 23.2. The lowest BCUT2D eigenvalue weighted by Gasteiger charge is -2.40. The van der Waals surface area contributed by atoms with Crippen molar-refractivity contribution in [3.63, 3.8) is 0 Å². The van der Waals surface area contributed by atoms with Crippen molar-refractivity contribution in [2.75, 3.05) is 13.9 Å². The van der Waals surface area contributed by atoms with Crippen molar-refractivity contribution >= 4 is 33.1 Å². The van der Waals surface area contributed by atoms with Gasteiger partial charge in [0.2, 0.25) is 0 Å². The van der Waals surface area contributed by atoms with Gasteiger partial charge in [-0.25, -0.2) is 4.79 Å². The number of ether oxygens (including phenoxy) is 2. The van der Waals surface area contributed by atoms with Crippen molar-refractivity contribution < 1.29 is 19.4 Å². The molecule has 1 N–H and O–H groups in total. The van der Waals surface area contributed by atoms with Gasteiger partial charge in [-0.15, -0.1) is 0 Å². The Hall–Kier alpha value is -3.89. The van der Waals surface area contributed by atoms with Crippen LogP contribution in [0.25, 0.3) is 38.2 Å². The largest absolute Gasteiger partial charge is 0.478 e. The summed E-state index contributed by atoms with van der Waals surface area (Å²) in [6, 6.07) is 20.2. The molecule has 2 aliphatic carbocycles. The monoisotopic (exact) mass is 518 g/mol. The zero-order valence-electron chi connectivity index (χ0n) is 23.2. The molecule has 4 heteroatoms. The van der Waals surface area contributed by atoms with Gasteiger partial charge >= 0.3 is 5.97 Å². The number of hydrogen-bond acceptors (Lipinski definition) is 3. The van der Waals surface area contributed by atoms with Crippen molar-refractivity contribution in [2.45, 2.75) is 46.0 Å². The molecule has 198 valence electrons. The minimum absolute atomic E-state index is 0.0155. The van der Waals surface area contributed by atoms with Gasteiger partial charge in [0.1, 0.15) is 5.75 Å². The lowest BCUT2D eigenvalue weighted by molar-refractivity contribution is 0.0513. The number of carboxylic acid groups (broad SMARTS) is 1. The summed E-state index contributed by atoms with van der Waals surface area (Å²) in [5, 5.41) is 14.2. The molecule has 6 rings (SSSR count). The molecule has 0 aliphatic heterocycles. The van der Waals surface area contributed by atoms with E-state index >= 15 is 0 Å². The number of allylic oxidation sites excluding steroid dienone is 4. The van der Waals surface area contributed by atoms with Crippen LogP contribution in [0, 0.1) is 5.41 Å². The number of hydrogen-bond donors (Lipinski definition) is 1. The molecule has 0 amide bonds. The number of carboxylic acids is 1. The molecule has 2 aliphatic rings. The van der Waals surface area contributed by atoms with E-state index < -0.39 is 5.97 Å². The lowest BCUT2D eigenvalue weighted by Crippen LogP contribution is -2.27. The summed E-state index contributed by atoms with van der Waals surface area (Å²) in [5.41, 5.74) is 7.37. The maximum atomic E-state index is 12.7. The standard InChI is InChI=1S/C35H34O4/c1-34(2)15-14-25-24(18-34)19-35(3,4)32-27-12-11-23(16-22(27)10-13-28(25)32)30-29(39-20-38-5)17-21-8-6-7-9-26(21)31(30)33(36)37/h6-17H,18-20H2,1-5H3,(H,36,37). The zero-order chi connectivity index (χ0) is 27.5. The van der Waals surface area contributed by atoms with E-state index in [9.17, 15) is 9.90 Å². The van der Waals surface area contributed by atoms with Crippen LogP contribution in [-0.4, -0.2) is 25.0 Å². The molecule has 0 saturated carbocycles. The predicted molar refractivity (Wildman–Crippen MR) is 158 cm³/mol. The van der Waals surface area contributed by atoms with Crippen molar-refractivity contribution in [1.29, 1.82) is 0 Å². The van der Waals surface area contributed by atoms with Crippen LogP contribution in [0.3, 0.4) is 0 Å². The van der Waals surface area contributed by atoms with E-state index in [0.29, 0.717) is 16.7 Å². The first kappa shape index (κ1) is 25.4. The Bertz CT molecular complexity index is 1720. The third-order valence-electron chi connectivity index (χ3n) is 8.24. The molecule has 0 radical (unpaired) electrons. The lowest BCUT2D eigenvalue weighted by atomic mass is 9.64. The molecule has 4 nitrogen and oxygen atoms in total. The third-order valence-corrected chi connectivity index (χ3v) is 8.24. The molecule has 0 saturated heterocycles. The Labute approximate surface area is 229 Å². The maximum Gasteiger partial charge on any atom is 0.337 e. The molecule has 4 aromatic rings. The Kier molecular flexibility index (Phi) is 5.92. The second kappa shape index (κ2) is 9.10. The smallest absolute Gasteiger partial charge is 0.337 e. The highest BCUT2D eigenvalue weighted by atomic mass is 16.7. The molecule has 0 spiro atoms. The van der Waals surface area contributed by atoms with E-state index in [0.717, 1.165) is 29.2 Å². The molecule has 0 aromatic heterocycles. The van der Waals surface area contributed by atoms with Crippen LogP contribution >= 0.6 is 0 Å². The highest BCUT2D eigenvalue weighted by molar-refractivity contribution is 6.12. The van der Waals surface area contributed by atoms with Crippen molar-refractivity contribution in [2.24, 2.45) is 5.41 Å². The molecular formula is C35H34O4. The number of aromatic carboxylic acids is 1. The van der Waals surface area contributed by atoms with Gasteiger partial charge in [0.05, 0.1) is 5.56 Å². The van der Waals surface area contributed by atoms with Crippen molar-refractivity contribution in [3.05, 3.63) is 95.1 Å². The van der Waals surface area contributed by atoms with Gasteiger partial charge in [-0.3, -0.25) is 0 Å². The Morgan fingerprint density at radius 3 is 2.46 bits per heavy atom. The second-order valence-electron chi connectivity index (χ2n) is 12.2. The molecule has 0 bridgehead atoms. The summed E-state index contributed by atoms with van der Waals surface area (Å²) in [5.74, 6) is -0.488. The van der Waals surface area contributed by atoms with Gasteiger partial charge in [0.25, 0.3) is 0 Å². The van der Waals surface area contributed by atoms with Gasteiger partial charge in [0, 0.05) is 12.7 Å². The van der Waals surface area contributed by atoms with Crippen molar-refractivity contribution in [3.8, 4) is 16.9 Å². The molecule has 4 aromatic carbocycles. The van der Waals surface area contributed by atoms with E-state index in [1.807, 2.05) is 36.4 Å². The average molecular weight is 519 g/mol. The van der Waals surface area contributed by atoms with Gasteiger partial charge in [-0.1, -0.05) is 94.0 Å². The summed E-state index contributed by atoms with van der Waals surface area (Å²) in [6.45, 7) is 9.33. The Morgan fingerprint density at radius 2 is 1.69 bits per heavy atom. The van der Waals surface area contributed by atoms with Crippen LogP contribution in [0.1, 0.15) is 62.0 Å². The Balaban J connectivity index is 1.58. The van der Waals surface area contributed by atoms with Crippen LogP contribution in [0.2, 0.25) is 0 Å². The predicted octanol–water partition coefficient (Wildman–Crippen LogP) is 8.76. The van der Waals surface area contributed by atoms with E-state index in [4.69, 9.17) is 9.47 Å². The third kappa shape index (κ3) is 4.24. The highest BCUT2D eigenvalue weighted by Crippen LogP contribution is 2.51. The molecule has 39 heavy (non-hydrogen) atoms. The second-order valence-corrected chi connectivity index (χ2v) is 12.2. The van der Waals surface area contributed by atoms with E-state index in [-0.39, 0.29) is 23.2 Å². The van der Waals surface area contributed by atoms with Crippen molar-refractivity contribution in [1.82, 2.24) is 0 Å². The summed E-state index contributed by atoms with van der Waals surface area (Å²) in [4.78, 5) is 12.7. The fourth-order valence-corrected chi connectivity index (χ4v) is 6.70. The molecule has 0 unspecified atom stereocenters. The fraction of sp³-hybridized carbons (Fsp3) is 0.286. The minimum atomic E-state index is -0.984. The average Bonchev–Trinajstić information content (AvgIpc) is 2.89. The van der Waals surface area contributed by atoms with E-state index in [1.165, 1.54) is 27.7 Å². The first-order chi connectivity index (χ1) is 18.6. The van der Waals surface area contributed by atoms with Crippen LogP contribution in [0.4, 0.5) is 0 Å². The molecular weight excluding hydrogens is 484 g/mol. The maximum absolute atomic E-state index is 12.7. The number of carbonyl (C=O) groups is 1. The molecule has 0 atom stereocenters. The normalized spacial score (nSPS) is 17.3. The quantitative estimate of drug-likeness (QED) is 0.268. The number of benzene rings is 4. The minimum Gasteiger partial charge on any atom is -0.478 e. The summed E-state index contributed by atoms with van der Waals surface area (Å²) < 4.78 is 11.1. The SMILES string of the molecule is COCOc1cc2ccccc2c(C(=O)O)c1-c1ccc2c3c(ccc2c1)C1=C(CC(C)(C)C=C1)CC3(C)C. The van der Waals surface area contributed by atoms with Gasteiger partial charge < -0.3 is 14.6 Å². The van der Waals surface area contributed by atoms with Crippen LogP contribution < -0.4 is 4.74 Å². The molecule has 0 heterocycles. The number of rotatable bonds is 5. The fourth-order valence-electron chi connectivity index (χ4n) is 6.70. The number of methoxy groups -OCH3 is 1. The van der Waals surface area contributed by atoms with Gasteiger partial charge in [-0.2, -0.15) is 0 Å². The van der Waals surface area contributed by atoms with E-state index in [2.05, 4.69) is 64.1 Å². The summed E-state index contributed by atoms with van der Waals surface area (Å²) in [6.07, 6.45) is 6.78. The van der Waals surface area contributed by atoms with Crippen LogP contribution in [0.15, 0.2) is 78.4 Å².